The summed E-state index contributed by atoms with van der Waals surface area (Å²) in [7, 11) is 0. The average Bonchev–Trinajstić information content (AvgIpc) is 2.70. The Balaban J connectivity index is 2.74. The van der Waals surface area contributed by atoms with E-state index in [2.05, 4.69) is 5.32 Å². The lowest BCUT2D eigenvalue weighted by atomic mass is 9.90. The highest BCUT2D eigenvalue weighted by atomic mass is 32.1. The monoisotopic (exact) mass is 226 g/mol. The molecule has 0 saturated carbocycles. The summed E-state index contributed by atoms with van der Waals surface area (Å²) in [5, 5.41) is 4.88. The smallest absolute Gasteiger partial charge is 0.231 e. The molecule has 1 aromatic heterocycles. The summed E-state index contributed by atoms with van der Waals surface area (Å²) in [6.45, 7) is 6.23. The van der Waals surface area contributed by atoms with Crippen LogP contribution >= 0.6 is 11.3 Å². The van der Waals surface area contributed by atoms with Crippen molar-refractivity contribution in [1.29, 1.82) is 0 Å². The van der Waals surface area contributed by atoms with Crippen molar-refractivity contribution in [2.45, 2.75) is 32.2 Å². The van der Waals surface area contributed by atoms with E-state index in [1.54, 1.807) is 11.3 Å². The molecule has 3 N–H and O–H groups in total. The molecule has 0 aromatic carbocycles. The van der Waals surface area contributed by atoms with Crippen LogP contribution in [-0.2, 0) is 10.2 Å². The van der Waals surface area contributed by atoms with E-state index >= 15 is 0 Å². The van der Waals surface area contributed by atoms with Gasteiger partial charge >= 0.3 is 0 Å². The normalized spacial score (nSPS) is 13.6. The molecule has 1 atom stereocenters. The van der Waals surface area contributed by atoms with Crippen molar-refractivity contribution in [3.63, 3.8) is 0 Å². The molecule has 1 rings (SSSR count). The largest absolute Gasteiger partial charge is 0.352 e. The molecule has 1 amide bonds. The maximum atomic E-state index is 12.0. The number of hydrogen-bond acceptors (Lipinski definition) is 3. The van der Waals surface area contributed by atoms with E-state index in [1.165, 1.54) is 0 Å². The Hall–Kier alpha value is -0.870. The summed E-state index contributed by atoms with van der Waals surface area (Å²) < 4.78 is 0. The third-order valence-electron chi connectivity index (χ3n) is 2.44. The first-order valence-electron chi connectivity index (χ1n) is 5.03. The molecule has 1 heterocycles. The SMILES string of the molecule is C[C@@H](CN)NC(=O)C(C)(C)c1cccs1. The minimum atomic E-state index is -0.475. The first kappa shape index (κ1) is 12.2. The second-order valence-electron chi connectivity index (χ2n) is 4.21. The molecule has 0 saturated heterocycles. The zero-order valence-electron chi connectivity index (χ0n) is 9.41. The Kier molecular flexibility index (Phi) is 3.88. The lowest BCUT2D eigenvalue weighted by molar-refractivity contribution is -0.126. The number of nitrogens with one attached hydrogen (secondary N) is 1. The summed E-state index contributed by atoms with van der Waals surface area (Å²) in [5.74, 6) is 0.0305. The number of amides is 1. The van der Waals surface area contributed by atoms with Crippen LogP contribution in [0.25, 0.3) is 0 Å². The van der Waals surface area contributed by atoms with Crippen LogP contribution in [0.2, 0.25) is 0 Å². The first-order valence-corrected chi connectivity index (χ1v) is 5.91. The minimum Gasteiger partial charge on any atom is -0.352 e. The summed E-state index contributed by atoms with van der Waals surface area (Å²) in [6, 6.07) is 3.97. The molecule has 1 aromatic rings. The van der Waals surface area contributed by atoms with E-state index in [9.17, 15) is 4.79 Å². The fourth-order valence-corrected chi connectivity index (χ4v) is 2.06. The quantitative estimate of drug-likeness (QED) is 0.817. The van der Waals surface area contributed by atoms with Crippen molar-refractivity contribution in [3.05, 3.63) is 22.4 Å². The number of nitrogens with two attached hydrogens (primary N) is 1. The van der Waals surface area contributed by atoms with E-state index in [0.717, 1.165) is 4.88 Å². The van der Waals surface area contributed by atoms with Crippen molar-refractivity contribution in [1.82, 2.24) is 5.32 Å². The molecule has 15 heavy (non-hydrogen) atoms. The molecule has 0 spiro atoms. The van der Waals surface area contributed by atoms with Crippen LogP contribution in [0.15, 0.2) is 17.5 Å². The summed E-state index contributed by atoms with van der Waals surface area (Å²) >= 11 is 1.60. The molecule has 0 unspecified atom stereocenters. The highest BCUT2D eigenvalue weighted by molar-refractivity contribution is 7.10. The Bertz CT molecular complexity index is 319. The van der Waals surface area contributed by atoms with Gasteiger partial charge in [-0.25, -0.2) is 0 Å². The minimum absolute atomic E-state index is 0.0248. The van der Waals surface area contributed by atoms with Crippen molar-refractivity contribution >= 4 is 17.2 Å². The van der Waals surface area contributed by atoms with Crippen LogP contribution < -0.4 is 11.1 Å². The standard InChI is InChI=1S/C11H18N2OS/c1-8(7-12)13-10(14)11(2,3)9-5-4-6-15-9/h4-6,8H,7,12H2,1-3H3,(H,13,14)/t8-/m0/s1. The van der Waals surface area contributed by atoms with Gasteiger partial charge in [0.1, 0.15) is 0 Å². The molecular formula is C11H18N2OS. The van der Waals surface area contributed by atoms with E-state index in [4.69, 9.17) is 5.73 Å². The molecule has 0 aliphatic carbocycles. The Morgan fingerprint density at radius 2 is 2.33 bits per heavy atom. The predicted molar refractivity (Wildman–Crippen MR) is 64.0 cm³/mol. The van der Waals surface area contributed by atoms with Gasteiger partial charge < -0.3 is 11.1 Å². The van der Waals surface area contributed by atoms with Crippen molar-refractivity contribution in [2.24, 2.45) is 5.73 Å². The molecule has 0 aliphatic heterocycles. The number of thiophene rings is 1. The van der Waals surface area contributed by atoms with Crippen LogP contribution in [0.4, 0.5) is 0 Å². The molecule has 0 aliphatic rings. The zero-order chi connectivity index (χ0) is 11.5. The van der Waals surface area contributed by atoms with Gasteiger partial charge in [-0.05, 0) is 32.2 Å². The lowest BCUT2D eigenvalue weighted by Gasteiger charge is -2.24. The fourth-order valence-electron chi connectivity index (χ4n) is 1.21. The fraction of sp³-hybridized carbons (Fsp3) is 0.545. The third-order valence-corrected chi connectivity index (χ3v) is 3.63. The van der Waals surface area contributed by atoms with Gasteiger partial charge in [0.05, 0.1) is 5.41 Å². The second kappa shape index (κ2) is 4.77. The molecule has 4 heteroatoms. The topological polar surface area (TPSA) is 55.1 Å². The van der Waals surface area contributed by atoms with Crippen LogP contribution in [0.5, 0.6) is 0 Å². The van der Waals surface area contributed by atoms with E-state index in [1.807, 2.05) is 38.3 Å². The lowest BCUT2D eigenvalue weighted by Crippen LogP contribution is -2.46. The van der Waals surface area contributed by atoms with Crippen LogP contribution in [0.3, 0.4) is 0 Å². The zero-order valence-corrected chi connectivity index (χ0v) is 10.2. The molecule has 0 bridgehead atoms. The molecule has 3 nitrogen and oxygen atoms in total. The Labute approximate surface area is 94.7 Å². The Morgan fingerprint density at radius 1 is 1.67 bits per heavy atom. The summed E-state index contributed by atoms with van der Waals surface area (Å²) in [4.78, 5) is 13.0. The van der Waals surface area contributed by atoms with Gasteiger partial charge in [-0.2, -0.15) is 0 Å². The number of carbonyl (C=O) groups is 1. The molecular weight excluding hydrogens is 208 g/mol. The van der Waals surface area contributed by atoms with Crippen molar-refractivity contribution in [2.75, 3.05) is 6.54 Å². The summed E-state index contributed by atoms with van der Waals surface area (Å²) in [5.41, 5.74) is 5.00. The van der Waals surface area contributed by atoms with Gasteiger partial charge in [0.15, 0.2) is 0 Å². The van der Waals surface area contributed by atoms with Gasteiger partial charge in [-0.15, -0.1) is 11.3 Å². The highest BCUT2D eigenvalue weighted by Crippen LogP contribution is 2.27. The van der Waals surface area contributed by atoms with Gasteiger partial charge in [-0.1, -0.05) is 6.07 Å². The maximum absolute atomic E-state index is 12.0. The van der Waals surface area contributed by atoms with Crippen LogP contribution in [-0.4, -0.2) is 18.5 Å². The van der Waals surface area contributed by atoms with Gasteiger partial charge in [-0.3, -0.25) is 4.79 Å². The third kappa shape index (κ3) is 2.79. The van der Waals surface area contributed by atoms with Crippen molar-refractivity contribution < 1.29 is 4.79 Å². The molecule has 84 valence electrons. The van der Waals surface area contributed by atoms with Crippen LogP contribution in [0, 0.1) is 0 Å². The molecule has 0 radical (unpaired) electrons. The summed E-state index contributed by atoms with van der Waals surface area (Å²) in [6.07, 6.45) is 0. The van der Waals surface area contributed by atoms with Gasteiger partial charge in [0.2, 0.25) is 5.91 Å². The maximum Gasteiger partial charge on any atom is 0.231 e. The van der Waals surface area contributed by atoms with Crippen molar-refractivity contribution in [3.8, 4) is 0 Å². The van der Waals surface area contributed by atoms with E-state index in [-0.39, 0.29) is 11.9 Å². The van der Waals surface area contributed by atoms with Crippen LogP contribution in [0.1, 0.15) is 25.6 Å². The predicted octanol–water partition coefficient (Wildman–Crippen LogP) is 1.49. The number of carbonyl (C=O) groups excluding carboxylic acids is 1. The number of rotatable bonds is 4. The van der Waals surface area contributed by atoms with Gasteiger partial charge in [0, 0.05) is 17.5 Å². The molecule has 0 fully saturated rings. The highest BCUT2D eigenvalue weighted by Gasteiger charge is 2.31. The van der Waals surface area contributed by atoms with E-state index in [0.29, 0.717) is 6.54 Å². The second-order valence-corrected chi connectivity index (χ2v) is 5.16. The Morgan fingerprint density at radius 3 is 2.80 bits per heavy atom. The average molecular weight is 226 g/mol. The first-order chi connectivity index (χ1) is 6.98. The van der Waals surface area contributed by atoms with Gasteiger partial charge in [0.25, 0.3) is 0 Å². The number of hydrogen-bond donors (Lipinski definition) is 2. The van der Waals surface area contributed by atoms with E-state index < -0.39 is 5.41 Å².